The molecule has 1 heterocycles. The first-order valence-corrected chi connectivity index (χ1v) is 5.37. The van der Waals surface area contributed by atoms with Crippen molar-refractivity contribution in [1.29, 1.82) is 0 Å². The molecule has 1 aromatic rings. The van der Waals surface area contributed by atoms with E-state index < -0.39 is 11.7 Å². The van der Waals surface area contributed by atoms with Crippen molar-refractivity contribution in [3.8, 4) is 0 Å². The number of hydrogen-bond acceptors (Lipinski definition) is 3. The molecule has 0 aliphatic carbocycles. The summed E-state index contributed by atoms with van der Waals surface area (Å²) in [6.07, 6.45) is 2.81. The standard InChI is InChI=1S/C9H13BrN2O2/c1-9(2,3)14-8(13)12-6-7(4-10)5-11-12/h5-6H,4H2,1-3H3. The predicted molar refractivity (Wildman–Crippen MR) is 56.5 cm³/mol. The number of carbonyl (C=O) groups excluding carboxylic acids is 1. The van der Waals surface area contributed by atoms with E-state index in [0.29, 0.717) is 5.33 Å². The molecule has 4 nitrogen and oxygen atoms in total. The lowest BCUT2D eigenvalue weighted by molar-refractivity contribution is 0.0514. The van der Waals surface area contributed by atoms with E-state index in [9.17, 15) is 4.79 Å². The molecule has 1 aromatic heterocycles. The Labute approximate surface area is 91.4 Å². The monoisotopic (exact) mass is 260 g/mol. The SMILES string of the molecule is CC(C)(C)OC(=O)n1cc(CBr)cn1. The van der Waals surface area contributed by atoms with Crippen LogP contribution in [0.3, 0.4) is 0 Å². The van der Waals surface area contributed by atoms with Crippen molar-refractivity contribution in [3.63, 3.8) is 0 Å². The number of ether oxygens (including phenoxy) is 1. The summed E-state index contributed by atoms with van der Waals surface area (Å²) in [5, 5.41) is 4.56. The Balaban J connectivity index is 2.70. The number of rotatable bonds is 1. The van der Waals surface area contributed by atoms with Gasteiger partial charge in [-0.15, -0.1) is 0 Å². The second-order valence-corrected chi connectivity index (χ2v) is 4.47. The maximum Gasteiger partial charge on any atom is 0.435 e. The van der Waals surface area contributed by atoms with Gasteiger partial charge in [0.05, 0.1) is 6.20 Å². The number of aromatic nitrogens is 2. The van der Waals surface area contributed by atoms with E-state index in [4.69, 9.17) is 4.74 Å². The molecule has 0 aliphatic rings. The summed E-state index contributed by atoms with van der Waals surface area (Å²) in [6, 6.07) is 0. The van der Waals surface area contributed by atoms with Gasteiger partial charge >= 0.3 is 6.09 Å². The van der Waals surface area contributed by atoms with Crippen LogP contribution < -0.4 is 0 Å². The lowest BCUT2D eigenvalue weighted by Gasteiger charge is -2.18. The molecular formula is C9H13BrN2O2. The summed E-state index contributed by atoms with van der Waals surface area (Å²) < 4.78 is 6.32. The molecule has 0 spiro atoms. The number of carbonyl (C=O) groups is 1. The Hall–Kier alpha value is -0.840. The second kappa shape index (κ2) is 4.13. The summed E-state index contributed by atoms with van der Waals surface area (Å²) in [4.78, 5) is 11.5. The van der Waals surface area contributed by atoms with Gasteiger partial charge in [-0.3, -0.25) is 0 Å². The van der Waals surface area contributed by atoms with E-state index in [1.54, 1.807) is 12.4 Å². The zero-order valence-corrected chi connectivity index (χ0v) is 10.0. The molecule has 0 amide bonds. The number of alkyl halides is 1. The molecule has 0 N–H and O–H groups in total. The molecule has 0 bridgehead atoms. The zero-order valence-electron chi connectivity index (χ0n) is 8.45. The van der Waals surface area contributed by atoms with Crippen LogP contribution in [0.25, 0.3) is 0 Å². The number of nitrogens with zero attached hydrogens (tertiary/aromatic N) is 2. The van der Waals surface area contributed by atoms with Crippen molar-refractivity contribution in [3.05, 3.63) is 18.0 Å². The summed E-state index contributed by atoms with van der Waals surface area (Å²) in [6.45, 7) is 5.46. The van der Waals surface area contributed by atoms with Crippen molar-refractivity contribution < 1.29 is 9.53 Å². The Morgan fingerprint density at radius 3 is 2.71 bits per heavy atom. The number of hydrogen-bond donors (Lipinski definition) is 0. The van der Waals surface area contributed by atoms with Crippen LogP contribution in [0.5, 0.6) is 0 Å². The molecule has 78 valence electrons. The van der Waals surface area contributed by atoms with E-state index in [-0.39, 0.29) is 0 Å². The highest BCUT2D eigenvalue weighted by Gasteiger charge is 2.18. The van der Waals surface area contributed by atoms with Crippen molar-refractivity contribution >= 4 is 22.0 Å². The molecule has 0 fully saturated rings. The average molecular weight is 261 g/mol. The van der Waals surface area contributed by atoms with Crippen LogP contribution >= 0.6 is 15.9 Å². The molecule has 5 heteroatoms. The number of halogens is 1. The van der Waals surface area contributed by atoms with Gasteiger partial charge in [0.15, 0.2) is 0 Å². The van der Waals surface area contributed by atoms with Crippen LogP contribution in [0.4, 0.5) is 4.79 Å². The summed E-state index contributed by atoms with van der Waals surface area (Å²) >= 11 is 3.28. The van der Waals surface area contributed by atoms with Crippen LogP contribution in [0, 0.1) is 0 Å². The normalized spacial score (nSPS) is 11.4. The van der Waals surface area contributed by atoms with Gasteiger partial charge in [0.2, 0.25) is 0 Å². The fraction of sp³-hybridized carbons (Fsp3) is 0.556. The molecule has 0 aromatic carbocycles. The summed E-state index contributed by atoms with van der Waals surface area (Å²) in [7, 11) is 0. The minimum Gasteiger partial charge on any atom is -0.442 e. The third-order valence-corrected chi connectivity index (χ3v) is 2.02. The second-order valence-electron chi connectivity index (χ2n) is 3.91. The van der Waals surface area contributed by atoms with E-state index in [1.165, 1.54) is 4.68 Å². The quantitative estimate of drug-likeness (QED) is 0.730. The van der Waals surface area contributed by atoms with E-state index in [1.807, 2.05) is 20.8 Å². The highest BCUT2D eigenvalue weighted by molar-refractivity contribution is 9.08. The molecular weight excluding hydrogens is 248 g/mol. The third-order valence-electron chi connectivity index (χ3n) is 1.37. The van der Waals surface area contributed by atoms with Gasteiger partial charge in [-0.05, 0) is 20.8 Å². The first kappa shape index (κ1) is 11.2. The predicted octanol–water partition coefficient (Wildman–Crippen LogP) is 2.56. The summed E-state index contributed by atoms with van der Waals surface area (Å²) in [5.74, 6) is 0. The van der Waals surface area contributed by atoms with Gasteiger partial charge in [0.25, 0.3) is 0 Å². The van der Waals surface area contributed by atoms with Gasteiger partial charge in [0.1, 0.15) is 5.60 Å². The van der Waals surface area contributed by atoms with E-state index >= 15 is 0 Å². The lowest BCUT2D eigenvalue weighted by Crippen LogP contribution is -2.27. The Morgan fingerprint density at radius 1 is 1.64 bits per heavy atom. The van der Waals surface area contributed by atoms with Gasteiger partial charge < -0.3 is 4.74 Å². The van der Waals surface area contributed by atoms with Crippen molar-refractivity contribution in [2.45, 2.75) is 31.7 Å². The maximum atomic E-state index is 11.5. The largest absolute Gasteiger partial charge is 0.442 e. The van der Waals surface area contributed by atoms with Crippen LogP contribution in [-0.4, -0.2) is 21.5 Å². The molecule has 0 aliphatic heterocycles. The molecule has 0 saturated heterocycles. The van der Waals surface area contributed by atoms with Crippen molar-refractivity contribution in [1.82, 2.24) is 9.78 Å². The maximum absolute atomic E-state index is 11.5. The molecule has 14 heavy (non-hydrogen) atoms. The van der Waals surface area contributed by atoms with Gasteiger partial charge in [0, 0.05) is 17.1 Å². The van der Waals surface area contributed by atoms with Crippen molar-refractivity contribution in [2.24, 2.45) is 0 Å². The van der Waals surface area contributed by atoms with Crippen molar-refractivity contribution in [2.75, 3.05) is 0 Å². The van der Waals surface area contributed by atoms with E-state index in [2.05, 4.69) is 21.0 Å². The topological polar surface area (TPSA) is 44.1 Å². The van der Waals surface area contributed by atoms with Gasteiger partial charge in [-0.1, -0.05) is 15.9 Å². The smallest absolute Gasteiger partial charge is 0.435 e. The van der Waals surface area contributed by atoms with E-state index in [0.717, 1.165) is 5.56 Å². The third kappa shape index (κ3) is 3.14. The highest BCUT2D eigenvalue weighted by atomic mass is 79.9. The Morgan fingerprint density at radius 2 is 2.29 bits per heavy atom. The molecule has 0 atom stereocenters. The van der Waals surface area contributed by atoms with Crippen LogP contribution in [0.15, 0.2) is 12.4 Å². The highest BCUT2D eigenvalue weighted by Crippen LogP contribution is 2.09. The zero-order chi connectivity index (χ0) is 10.8. The van der Waals surface area contributed by atoms with Gasteiger partial charge in [-0.2, -0.15) is 9.78 Å². The fourth-order valence-electron chi connectivity index (χ4n) is 0.838. The minimum atomic E-state index is -0.488. The first-order valence-electron chi connectivity index (χ1n) is 4.25. The minimum absolute atomic E-state index is 0.454. The molecule has 0 radical (unpaired) electrons. The molecule has 1 rings (SSSR count). The molecule has 0 unspecified atom stereocenters. The lowest BCUT2D eigenvalue weighted by atomic mass is 10.2. The molecule has 0 saturated carbocycles. The van der Waals surface area contributed by atoms with Gasteiger partial charge in [-0.25, -0.2) is 4.79 Å². The Kier molecular flexibility index (Phi) is 3.31. The summed E-state index contributed by atoms with van der Waals surface area (Å²) in [5.41, 5.74) is 0.452. The fourth-order valence-corrected chi connectivity index (χ4v) is 1.13. The van der Waals surface area contributed by atoms with Crippen LogP contribution in [-0.2, 0) is 10.1 Å². The Bertz CT molecular complexity index is 328. The first-order chi connectivity index (χ1) is 6.42. The van der Waals surface area contributed by atoms with Crippen LogP contribution in [0.1, 0.15) is 26.3 Å². The average Bonchev–Trinajstić information content (AvgIpc) is 2.48. The van der Waals surface area contributed by atoms with Crippen LogP contribution in [0.2, 0.25) is 0 Å².